The number of aliphatic hydroxyl groups is 1. The highest BCUT2D eigenvalue weighted by molar-refractivity contribution is 5.94. The SMILES string of the molecule is O=C(c1ccc(C#Cc2ccc(Oc3ccccc3)cc2)cc1)N1CCC[C@@H](CO)C1. The molecule has 1 atom stereocenters. The van der Waals surface area contributed by atoms with Gasteiger partial charge in [-0.15, -0.1) is 0 Å². The zero-order valence-electron chi connectivity index (χ0n) is 17.3. The van der Waals surface area contributed by atoms with E-state index in [-0.39, 0.29) is 18.4 Å². The number of likely N-dealkylation sites (tertiary alicyclic amines) is 1. The van der Waals surface area contributed by atoms with E-state index in [4.69, 9.17) is 4.74 Å². The van der Waals surface area contributed by atoms with Crippen molar-refractivity contribution in [2.75, 3.05) is 19.7 Å². The van der Waals surface area contributed by atoms with Gasteiger partial charge in [-0.2, -0.15) is 0 Å². The monoisotopic (exact) mass is 411 g/mol. The van der Waals surface area contributed by atoms with Gasteiger partial charge in [0.25, 0.3) is 5.91 Å². The number of ether oxygens (including phenoxy) is 1. The first-order chi connectivity index (χ1) is 15.2. The van der Waals surface area contributed by atoms with Crippen LogP contribution in [0.5, 0.6) is 11.5 Å². The van der Waals surface area contributed by atoms with E-state index in [0.717, 1.165) is 42.0 Å². The Kier molecular flexibility index (Phi) is 6.66. The van der Waals surface area contributed by atoms with E-state index in [1.807, 2.05) is 83.8 Å². The van der Waals surface area contributed by atoms with Gasteiger partial charge in [-0.05, 0) is 79.4 Å². The molecule has 1 fully saturated rings. The normalized spacial score (nSPS) is 15.6. The number of carbonyl (C=O) groups is 1. The molecule has 4 heteroatoms. The third kappa shape index (κ3) is 5.53. The van der Waals surface area contributed by atoms with Crippen LogP contribution in [0, 0.1) is 17.8 Å². The van der Waals surface area contributed by atoms with Crippen LogP contribution in [0.1, 0.15) is 34.3 Å². The number of nitrogens with zero attached hydrogens (tertiary/aromatic N) is 1. The Balaban J connectivity index is 1.38. The predicted octanol–water partition coefficient (Wildman–Crippen LogP) is 4.72. The molecule has 0 bridgehead atoms. The molecule has 1 amide bonds. The standard InChI is InChI=1S/C27H25NO3/c29-20-23-5-4-18-28(19-23)27(30)24-14-10-21(11-15-24)8-9-22-12-16-26(17-13-22)31-25-6-2-1-3-7-25/h1-3,6-7,10-17,23,29H,4-5,18-20H2/t23-/m1/s1. The summed E-state index contributed by atoms with van der Waals surface area (Å²) in [5.41, 5.74) is 2.41. The first-order valence-corrected chi connectivity index (χ1v) is 10.6. The van der Waals surface area contributed by atoms with Crippen molar-refractivity contribution >= 4 is 5.91 Å². The van der Waals surface area contributed by atoms with E-state index >= 15 is 0 Å². The molecule has 3 aromatic rings. The smallest absolute Gasteiger partial charge is 0.253 e. The number of aliphatic hydroxyl groups excluding tert-OH is 1. The van der Waals surface area contributed by atoms with E-state index in [2.05, 4.69) is 11.8 Å². The minimum Gasteiger partial charge on any atom is -0.457 e. The number of hydrogen-bond donors (Lipinski definition) is 1. The Morgan fingerprint density at radius 3 is 2.16 bits per heavy atom. The quantitative estimate of drug-likeness (QED) is 0.632. The average Bonchev–Trinajstić information content (AvgIpc) is 2.84. The number of amides is 1. The fourth-order valence-corrected chi connectivity index (χ4v) is 3.65. The first kappa shape index (κ1) is 20.7. The Hall–Kier alpha value is -3.55. The van der Waals surface area contributed by atoms with Crippen molar-refractivity contribution in [2.24, 2.45) is 5.92 Å². The highest BCUT2D eigenvalue weighted by Gasteiger charge is 2.23. The van der Waals surface area contributed by atoms with E-state index in [0.29, 0.717) is 12.1 Å². The minimum absolute atomic E-state index is 0.0201. The Labute approximate surface area is 183 Å². The largest absolute Gasteiger partial charge is 0.457 e. The number of benzene rings is 3. The lowest BCUT2D eigenvalue weighted by Crippen LogP contribution is -2.40. The summed E-state index contributed by atoms with van der Waals surface area (Å²) in [6.45, 7) is 1.51. The fraction of sp³-hybridized carbons (Fsp3) is 0.222. The molecule has 1 aliphatic heterocycles. The topological polar surface area (TPSA) is 49.8 Å². The van der Waals surface area contributed by atoms with Crippen LogP contribution in [-0.2, 0) is 0 Å². The number of hydrogen-bond acceptors (Lipinski definition) is 3. The van der Waals surface area contributed by atoms with Crippen LogP contribution in [0.15, 0.2) is 78.9 Å². The first-order valence-electron chi connectivity index (χ1n) is 10.6. The Morgan fingerprint density at radius 2 is 1.52 bits per heavy atom. The molecule has 0 saturated carbocycles. The summed E-state index contributed by atoms with van der Waals surface area (Å²) in [4.78, 5) is 14.5. The van der Waals surface area contributed by atoms with E-state index < -0.39 is 0 Å². The molecule has 0 spiro atoms. The third-order valence-electron chi connectivity index (χ3n) is 5.38. The summed E-state index contributed by atoms with van der Waals surface area (Å²) in [6.07, 6.45) is 1.92. The maximum absolute atomic E-state index is 12.7. The van der Waals surface area contributed by atoms with Gasteiger partial charge < -0.3 is 14.7 Å². The molecule has 1 heterocycles. The molecular formula is C27H25NO3. The van der Waals surface area contributed by atoms with Crippen LogP contribution in [0.2, 0.25) is 0 Å². The van der Waals surface area contributed by atoms with Crippen LogP contribution in [-0.4, -0.2) is 35.6 Å². The molecule has 0 aliphatic carbocycles. The third-order valence-corrected chi connectivity index (χ3v) is 5.38. The van der Waals surface area contributed by atoms with Crippen LogP contribution < -0.4 is 4.74 Å². The number of rotatable bonds is 4. The molecule has 4 rings (SSSR count). The summed E-state index contributed by atoms with van der Waals surface area (Å²) in [5, 5.41) is 9.37. The molecule has 4 nitrogen and oxygen atoms in total. The summed E-state index contributed by atoms with van der Waals surface area (Å²) >= 11 is 0. The molecule has 1 aliphatic rings. The lowest BCUT2D eigenvalue weighted by molar-refractivity contribution is 0.0620. The van der Waals surface area contributed by atoms with Crippen LogP contribution in [0.4, 0.5) is 0 Å². The molecule has 156 valence electrons. The summed E-state index contributed by atoms with van der Waals surface area (Å²) in [5.74, 6) is 8.06. The van der Waals surface area contributed by atoms with Gasteiger partial charge in [0.15, 0.2) is 0 Å². The predicted molar refractivity (Wildman–Crippen MR) is 121 cm³/mol. The molecular weight excluding hydrogens is 386 g/mol. The maximum atomic E-state index is 12.7. The molecule has 0 aromatic heterocycles. The van der Waals surface area contributed by atoms with Crippen LogP contribution in [0.25, 0.3) is 0 Å². The summed E-state index contributed by atoms with van der Waals surface area (Å²) in [7, 11) is 0. The van der Waals surface area contributed by atoms with Gasteiger partial charge in [0.2, 0.25) is 0 Å². The number of piperidine rings is 1. The molecule has 31 heavy (non-hydrogen) atoms. The molecule has 3 aromatic carbocycles. The fourth-order valence-electron chi connectivity index (χ4n) is 3.65. The zero-order chi connectivity index (χ0) is 21.5. The Bertz CT molecular complexity index is 1060. The maximum Gasteiger partial charge on any atom is 0.253 e. The number of para-hydroxylation sites is 1. The van der Waals surface area contributed by atoms with Gasteiger partial charge in [0.05, 0.1) is 0 Å². The van der Waals surface area contributed by atoms with Crippen molar-refractivity contribution in [3.05, 3.63) is 95.6 Å². The lowest BCUT2D eigenvalue weighted by atomic mass is 9.98. The van der Waals surface area contributed by atoms with Crippen molar-refractivity contribution in [2.45, 2.75) is 12.8 Å². The van der Waals surface area contributed by atoms with Gasteiger partial charge >= 0.3 is 0 Å². The summed E-state index contributed by atoms with van der Waals surface area (Å²) < 4.78 is 5.80. The van der Waals surface area contributed by atoms with Gasteiger partial charge in [-0.1, -0.05) is 30.0 Å². The highest BCUT2D eigenvalue weighted by atomic mass is 16.5. The average molecular weight is 412 g/mol. The molecule has 0 unspecified atom stereocenters. The van der Waals surface area contributed by atoms with Crippen LogP contribution in [0.3, 0.4) is 0 Å². The molecule has 0 radical (unpaired) electrons. The van der Waals surface area contributed by atoms with Crippen molar-refractivity contribution in [1.82, 2.24) is 4.90 Å². The minimum atomic E-state index is 0.0201. The summed E-state index contributed by atoms with van der Waals surface area (Å²) in [6, 6.07) is 24.7. The second kappa shape index (κ2) is 9.97. The van der Waals surface area contributed by atoms with Crippen LogP contribution >= 0.6 is 0 Å². The van der Waals surface area contributed by atoms with Crippen molar-refractivity contribution < 1.29 is 14.6 Å². The Morgan fingerprint density at radius 1 is 0.903 bits per heavy atom. The number of carbonyl (C=O) groups excluding carboxylic acids is 1. The van der Waals surface area contributed by atoms with Crippen molar-refractivity contribution in [3.63, 3.8) is 0 Å². The second-order valence-electron chi connectivity index (χ2n) is 7.71. The van der Waals surface area contributed by atoms with Gasteiger partial charge in [-0.25, -0.2) is 0 Å². The van der Waals surface area contributed by atoms with Gasteiger partial charge in [-0.3, -0.25) is 4.79 Å². The zero-order valence-corrected chi connectivity index (χ0v) is 17.3. The molecule has 1 saturated heterocycles. The highest BCUT2D eigenvalue weighted by Crippen LogP contribution is 2.21. The van der Waals surface area contributed by atoms with Crippen molar-refractivity contribution in [1.29, 1.82) is 0 Å². The van der Waals surface area contributed by atoms with Crippen molar-refractivity contribution in [3.8, 4) is 23.3 Å². The molecule has 1 N–H and O–H groups in total. The van der Waals surface area contributed by atoms with Gasteiger partial charge in [0.1, 0.15) is 11.5 Å². The lowest BCUT2D eigenvalue weighted by Gasteiger charge is -2.31. The van der Waals surface area contributed by atoms with E-state index in [1.54, 1.807) is 0 Å². The van der Waals surface area contributed by atoms with E-state index in [1.165, 1.54) is 0 Å². The van der Waals surface area contributed by atoms with Gasteiger partial charge in [0, 0.05) is 36.4 Å². The second-order valence-corrected chi connectivity index (χ2v) is 7.71. The van der Waals surface area contributed by atoms with E-state index in [9.17, 15) is 9.90 Å².